The third kappa shape index (κ3) is 3.89. The van der Waals surface area contributed by atoms with Gasteiger partial charge in [-0.05, 0) is 12.8 Å². The van der Waals surface area contributed by atoms with E-state index in [0.29, 0.717) is 13.1 Å². The average Bonchev–Trinajstić information content (AvgIpc) is 2.27. The second-order valence-electron chi connectivity index (χ2n) is 4.10. The third-order valence-corrected chi connectivity index (χ3v) is 3.16. The largest absolute Gasteiger partial charge is 0.434 e. The van der Waals surface area contributed by atoms with Crippen molar-refractivity contribution in [2.24, 2.45) is 0 Å². The molecule has 1 aromatic heterocycles. The highest BCUT2D eigenvalue weighted by atomic mass is 35.5. The minimum atomic E-state index is -4.58. The molecule has 0 N–H and O–H groups in total. The molecule has 0 aliphatic carbocycles. The minimum absolute atomic E-state index is 0.139. The first-order valence-corrected chi connectivity index (χ1v) is 6.74. The lowest BCUT2D eigenvalue weighted by Gasteiger charge is -2.26. The zero-order chi connectivity index (χ0) is 14.6. The summed E-state index contributed by atoms with van der Waals surface area (Å²) in [6, 6.07) is 0. The average molecular weight is 315 g/mol. The van der Waals surface area contributed by atoms with Crippen LogP contribution in [0.4, 0.5) is 18.9 Å². The molecule has 1 heterocycles. The van der Waals surface area contributed by atoms with Gasteiger partial charge in [0.05, 0.1) is 15.7 Å². The molecular weight excluding hydrogens is 300 g/mol. The molecule has 1 aromatic rings. The van der Waals surface area contributed by atoms with Crippen molar-refractivity contribution in [1.82, 2.24) is 4.98 Å². The van der Waals surface area contributed by atoms with Crippen LogP contribution in [0.2, 0.25) is 10.0 Å². The minimum Gasteiger partial charge on any atom is -0.369 e. The third-order valence-electron chi connectivity index (χ3n) is 2.52. The van der Waals surface area contributed by atoms with Crippen molar-refractivity contribution in [3.05, 3.63) is 21.9 Å². The highest BCUT2D eigenvalue weighted by Crippen LogP contribution is 2.41. The molecule has 0 fully saturated rings. The lowest BCUT2D eigenvalue weighted by molar-refractivity contribution is -0.141. The quantitative estimate of drug-likeness (QED) is 0.757. The Morgan fingerprint density at radius 2 is 1.68 bits per heavy atom. The molecule has 0 aromatic carbocycles. The van der Waals surface area contributed by atoms with Crippen molar-refractivity contribution in [1.29, 1.82) is 0 Å². The summed E-state index contributed by atoms with van der Waals surface area (Å²) >= 11 is 11.8. The van der Waals surface area contributed by atoms with Crippen LogP contribution in [0, 0.1) is 0 Å². The summed E-state index contributed by atoms with van der Waals surface area (Å²) in [5, 5.41) is -0.290. The second-order valence-corrected chi connectivity index (χ2v) is 4.89. The van der Waals surface area contributed by atoms with E-state index in [-0.39, 0.29) is 10.7 Å². The maximum Gasteiger partial charge on any atom is 0.434 e. The van der Waals surface area contributed by atoms with Crippen molar-refractivity contribution in [2.75, 3.05) is 18.0 Å². The molecule has 0 spiro atoms. The van der Waals surface area contributed by atoms with Gasteiger partial charge in [-0.2, -0.15) is 13.2 Å². The van der Waals surface area contributed by atoms with Crippen molar-refractivity contribution in [2.45, 2.75) is 32.9 Å². The van der Waals surface area contributed by atoms with Gasteiger partial charge in [-0.25, -0.2) is 4.98 Å². The van der Waals surface area contributed by atoms with Gasteiger partial charge in [0.25, 0.3) is 0 Å². The maximum absolute atomic E-state index is 12.8. The summed E-state index contributed by atoms with van der Waals surface area (Å²) in [4.78, 5) is 5.06. The first kappa shape index (κ1) is 16.4. The Labute approximate surface area is 120 Å². The number of aromatic nitrogens is 1. The lowest BCUT2D eigenvalue weighted by Crippen LogP contribution is -2.26. The normalized spacial score (nSPS) is 11.7. The summed E-state index contributed by atoms with van der Waals surface area (Å²) in [6.07, 6.45) is -2.00. The number of nitrogens with zero attached hydrogens (tertiary/aromatic N) is 2. The fraction of sp³-hybridized carbons (Fsp3) is 0.583. The summed E-state index contributed by atoms with van der Waals surface area (Å²) in [7, 11) is 0. The van der Waals surface area contributed by atoms with E-state index in [9.17, 15) is 13.2 Å². The molecule has 0 unspecified atom stereocenters. The Balaban J connectivity index is 3.31. The Morgan fingerprint density at radius 3 is 2.11 bits per heavy atom. The number of halogens is 5. The molecule has 0 saturated heterocycles. The summed E-state index contributed by atoms with van der Waals surface area (Å²) < 4.78 is 38.4. The van der Waals surface area contributed by atoms with Crippen LogP contribution in [-0.4, -0.2) is 18.1 Å². The highest BCUT2D eigenvalue weighted by Gasteiger charge is 2.37. The first-order valence-electron chi connectivity index (χ1n) is 5.99. The number of rotatable bonds is 5. The van der Waals surface area contributed by atoms with Crippen LogP contribution in [0.5, 0.6) is 0 Å². The van der Waals surface area contributed by atoms with Crippen LogP contribution in [0.25, 0.3) is 0 Å². The van der Waals surface area contributed by atoms with Gasteiger partial charge in [-0.1, -0.05) is 37.0 Å². The summed E-state index contributed by atoms with van der Waals surface area (Å²) in [6.45, 7) is 5.07. The van der Waals surface area contributed by atoms with Gasteiger partial charge in [0.15, 0.2) is 5.69 Å². The molecule has 2 nitrogen and oxygen atoms in total. The molecule has 0 aliphatic rings. The lowest BCUT2D eigenvalue weighted by atomic mass is 10.2. The fourth-order valence-electron chi connectivity index (χ4n) is 1.82. The smallest absolute Gasteiger partial charge is 0.369 e. The van der Waals surface area contributed by atoms with Gasteiger partial charge >= 0.3 is 6.18 Å². The van der Waals surface area contributed by atoms with E-state index in [0.717, 1.165) is 19.0 Å². The number of pyridine rings is 1. The zero-order valence-electron chi connectivity index (χ0n) is 10.7. The monoisotopic (exact) mass is 314 g/mol. The Kier molecular flexibility index (Phi) is 5.74. The first-order chi connectivity index (χ1) is 8.82. The molecule has 0 atom stereocenters. The number of hydrogen-bond donors (Lipinski definition) is 0. The van der Waals surface area contributed by atoms with E-state index in [2.05, 4.69) is 4.98 Å². The SMILES string of the molecule is CCCN(CCC)c1c(Cl)cnc(C(F)(F)F)c1Cl. The predicted molar refractivity (Wildman–Crippen MR) is 72.1 cm³/mol. The topological polar surface area (TPSA) is 16.1 Å². The molecular formula is C12H15Cl2F3N2. The second kappa shape index (κ2) is 6.66. The number of hydrogen-bond acceptors (Lipinski definition) is 2. The molecule has 0 aliphatic heterocycles. The van der Waals surface area contributed by atoms with Crippen LogP contribution in [-0.2, 0) is 6.18 Å². The number of alkyl halides is 3. The van der Waals surface area contributed by atoms with Gasteiger partial charge in [0.2, 0.25) is 0 Å². The van der Waals surface area contributed by atoms with E-state index in [1.165, 1.54) is 0 Å². The van der Waals surface area contributed by atoms with Crippen LogP contribution >= 0.6 is 23.2 Å². The summed E-state index contributed by atoms with van der Waals surface area (Å²) in [5.41, 5.74) is -0.875. The zero-order valence-corrected chi connectivity index (χ0v) is 12.2. The van der Waals surface area contributed by atoms with Gasteiger partial charge in [-0.3, -0.25) is 0 Å². The molecule has 0 amide bonds. The Hall–Kier alpha value is -0.680. The molecule has 108 valence electrons. The molecule has 0 saturated carbocycles. The number of anilines is 1. The van der Waals surface area contributed by atoms with Crippen LogP contribution in [0.15, 0.2) is 6.20 Å². The molecule has 1 rings (SSSR count). The van der Waals surface area contributed by atoms with Gasteiger partial charge < -0.3 is 4.90 Å². The van der Waals surface area contributed by atoms with Crippen molar-refractivity contribution in [3.63, 3.8) is 0 Å². The van der Waals surface area contributed by atoms with Crippen molar-refractivity contribution in [3.8, 4) is 0 Å². The Morgan fingerprint density at radius 1 is 1.16 bits per heavy atom. The van der Waals surface area contributed by atoms with Crippen LogP contribution < -0.4 is 4.90 Å². The maximum atomic E-state index is 12.8. The standard InChI is InChI=1S/C12H15Cl2F3N2/c1-3-5-19(6-4-2)10-8(13)7-18-11(9(10)14)12(15,16)17/h7H,3-6H2,1-2H3. The Bertz CT molecular complexity index is 430. The van der Waals surface area contributed by atoms with E-state index in [1.54, 1.807) is 4.90 Å². The van der Waals surface area contributed by atoms with Gasteiger partial charge in [-0.15, -0.1) is 0 Å². The molecule has 7 heteroatoms. The van der Waals surface area contributed by atoms with Crippen molar-refractivity contribution >= 4 is 28.9 Å². The van der Waals surface area contributed by atoms with Crippen LogP contribution in [0.1, 0.15) is 32.4 Å². The predicted octanol–water partition coefficient (Wildman–Crippen LogP) is 5.03. The molecule has 19 heavy (non-hydrogen) atoms. The van der Waals surface area contributed by atoms with E-state index >= 15 is 0 Å². The van der Waals surface area contributed by atoms with E-state index in [1.807, 2.05) is 13.8 Å². The summed E-state index contributed by atoms with van der Waals surface area (Å²) in [5.74, 6) is 0. The van der Waals surface area contributed by atoms with E-state index in [4.69, 9.17) is 23.2 Å². The van der Waals surface area contributed by atoms with E-state index < -0.39 is 16.9 Å². The van der Waals surface area contributed by atoms with Crippen molar-refractivity contribution < 1.29 is 13.2 Å². The van der Waals surface area contributed by atoms with Gasteiger partial charge in [0, 0.05) is 19.3 Å². The molecule has 0 bridgehead atoms. The fourth-order valence-corrected chi connectivity index (χ4v) is 2.51. The van der Waals surface area contributed by atoms with Gasteiger partial charge in [0.1, 0.15) is 0 Å². The van der Waals surface area contributed by atoms with Crippen LogP contribution in [0.3, 0.4) is 0 Å². The molecule has 0 radical (unpaired) electrons. The highest BCUT2D eigenvalue weighted by molar-refractivity contribution is 6.39.